The van der Waals surface area contributed by atoms with Crippen molar-refractivity contribution < 1.29 is 0 Å². The minimum atomic E-state index is 0.0569. The van der Waals surface area contributed by atoms with Crippen LogP contribution in [0.2, 0.25) is 0 Å². The molecule has 3 aliphatic rings. The first-order valence-corrected chi connectivity index (χ1v) is 7.40. The van der Waals surface area contributed by atoms with E-state index < -0.39 is 0 Å². The van der Waals surface area contributed by atoms with Crippen molar-refractivity contribution in [1.29, 1.82) is 0 Å². The highest BCUT2D eigenvalue weighted by atomic mass is 16.1. The zero-order valence-corrected chi connectivity index (χ0v) is 11.1. The molecule has 5 nitrogen and oxygen atoms in total. The van der Waals surface area contributed by atoms with Crippen LogP contribution >= 0.6 is 0 Å². The molecule has 2 saturated heterocycles. The summed E-state index contributed by atoms with van der Waals surface area (Å²) in [6.45, 7) is 2.38. The van der Waals surface area contributed by atoms with Gasteiger partial charge in [0.15, 0.2) is 5.82 Å². The normalized spacial score (nSPS) is 30.5. The topological polar surface area (TPSA) is 50.2 Å². The maximum absolute atomic E-state index is 12.4. The molecule has 0 radical (unpaired) electrons. The summed E-state index contributed by atoms with van der Waals surface area (Å²) in [5, 5.41) is 3.42. The summed E-state index contributed by atoms with van der Waals surface area (Å²) in [6, 6.07) is 1.43. The fourth-order valence-corrected chi connectivity index (χ4v) is 3.59. The largest absolute Gasteiger partial charge is 0.361 e. The predicted octanol–water partition coefficient (Wildman–Crippen LogP) is 1.23. The molecule has 4 rings (SSSR count). The Morgan fingerprint density at radius 3 is 2.95 bits per heavy atom. The van der Waals surface area contributed by atoms with Gasteiger partial charge in [0.25, 0.3) is 5.56 Å². The average Bonchev–Trinajstić information content (AvgIpc) is 3.02. The monoisotopic (exact) mass is 260 g/mol. The van der Waals surface area contributed by atoms with Crippen molar-refractivity contribution in [3.63, 3.8) is 0 Å². The summed E-state index contributed by atoms with van der Waals surface area (Å²) in [5.74, 6) is 0.549. The Balaban J connectivity index is 1.56. The first-order valence-electron chi connectivity index (χ1n) is 7.40. The van der Waals surface area contributed by atoms with E-state index in [4.69, 9.17) is 0 Å². The molecule has 1 aromatic heterocycles. The van der Waals surface area contributed by atoms with Gasteiger partial charge in [0.1, 0.15) is 0 Å². The second-order valence-corrected chi connectivity index (χ2v) is 6.00. The molecular formula is C14H20N4O. The highest BCUT2D eigenvalue weighted by Crippen LogP contribution is 2.33. The van der Waals surface area contributed by atoms with E-state index in [1.807, 2.05) is 10.8 Å². The van der Waals surface area contributed by atoms with Crippen molar-refractivity contribution in [3.05, 3.63) is 22.7 Å². The number of hydrogen-bond donors (Lipinski definition) is 1. The molecule has 0 spiro atoms. The van der Waals surface area contributed by atoms with Crippen molar-refractivity contribution >= 4 is 5.82 Å². The molecule has 102 valence electrons. The average molecular weight is 260 g/mol. The number of rotatable bonds is 3. The van der Waals surface area contributed by atoms with Crippen molar-refractivity contribution in [3.8, 4) is 0 Å². The van der Waals surface area contributed by atoms with Crippen LogP contribution < -0.4 is 10.9 Å². The minimum absolute atomic E-state index is 0.0569. The van der Waals surface area contributed by atoms with Crippen LogP contribution in [0.3, 0.4) is 0 Å². The van der Waals surface area contributed by atoms with Gasteiger partial charge < -0.3 is 9.88 Å². The number of aromatic nitrogens is 2. The summed E-state index contributed by atoms with van der Waals surface area (Å²) in [4.78, 5) is 19.2. The second-order valence-electron chi connectivity index (χ2n) is 6.00. The van der Waals surface area contributed by atoms with E-state index in [1.165, 1.54) is 19.4 Å². The van der Waals surface area contributed by atoms with E-state index >= 15 is 0 Å². The Morgan fingerprint density at radius 2 is 2.11 bits per heavy atom. The molecule has 2 unspecified atom stereocenters. The van der Waals surface area contributed by atoms with Gasteiger partial charge in [0.2, 0.25) is 0 Å². The van der Waals surface area contributed by atoms with Gasteiger partial charge >= 0.3 is 0 Å². The molecule has 2 atom stereocenters. The number of anilines is 1. The second kappa shape index (κ2) is 4.34. The summed E-state index contributed by atoms with van der Waals surface area (Å²) in [6.07, 6.45) is 9.50. The van der Waals surface area contributed by atoms with Crippen LogP contribution in [0, 0.1) is 0 Å². The Hall–Kier alpha value is -1.36. The number of hydrogen-bond acceptors (Lipinski definition) is 4. The molecule has 3 heterocycles. The van der Waals surface area contributed by atoms with Gasteiger partial charge in [-0.3, -0.25) is 9.69 Å². The van der Waals surface area contributed by atoms with Gasteiger partial charge in [-0.05, 0) is 38.6 Å². The molecule has 5 heteroatoms. The van der Waals surface area contributed by atoms with Crippen LogP contribution in [-0.4, -0.2) is 39.6 Å². The SMILES string of the molecule is O=c1c(NC2CCN3CCCC23)nccn1C1CC1. The zero-order valence-electron chi connectivity index (χ0n) is 11.1. The number of nitrogens with one attached hydrogen (secondary N) is 1. The maximum atomic E-state index is 12.4. The molecule has 0 bridgehead atoms. The van der Waals surface area contributed by atoms with Crippen molar-refractivity contribution in [2.24, 2.45) is 0 Å². The highest BCUT2D eigenvalue weighted by Gasteiger charge is 2.37. The van der Waals surface area contributed by atoms with Crippen LogP contribution in [0.25, 0.3) is 0 Å². The molecule has 19 heavy (non-hydrogen) atoms. The van der Waals surface area contributed by atoms with Crippen LogP contribution in [-0.2, 0) is 0 Å². The van der Waals surface area contributed by atoms with Gasteiger partial charge in [-0.15, -0.1) is 0 Å². The fourth-order valence-electron chi connectivity index (χ4n) is 3.59. The molecule has 1 aliphatic carbocycles. The summed E-state index contributed by atoms with van der Waals surface area (Å²) in [5.41, 5.74) is 0.0569. The van der Waals surface area contributed by atoms with Crippen LogP contribution in [0.1, 0.15) is 38.1 Å². The number of nitrogens with zero attached hydrogens (tertiary/aromatic N) is 3. The van der Waals surface area contributed by atoms with Crippen molar-refractivity contribution in [2.45, 2.75) is 50.2 Å². The lowest BCUT2D eigenvalue weighted by atomic mass is 10.1. The Morgan fingerprint density at radius 1 is 1.21 bits per heavy atom. The fraction of sp³-hybridized carbons (Fsp3) is 0.714. The Kier molecular flexibility index (Phi) is 2.62. The summed E-state index contributed by atoms with van der Waals surface area (Å²) >= 11 is 0. The van der Waals surface area contributed by atoms with Gasteiger partial charge in [0.05, 0.1) is 0 Å². The molecule has 2 aliphatic heterocycles. The van der Waals surface area contributed by atoms with E-state index in [2.05, 4.69) is 15.2 Å². The third-order valence-corrected chi connectivity index (χ3v) is 4.74. The van der Waals surface area contributed by atoms with E-state index in [0.717, 1.165) is 25.8 Å². The standard InChI is InChI=1S/C14H20N4O/c19-14-13(15-6-9-18(14)10-3-4-10)16-11-5-8-17-7-1-2-12(11)17/h6,9-12H,1-5,7-8H2,(H,15,16). The van der Waals surface area contributed by atoms with Gasteiger partial charge in [0, 0.05) is 37.1 Å². The van der Waals surface area contributed by atoms with E-state index in [0.29, 0.717) is 23.9 Å². The van der Waals surface area contributed by atoms with Crippen LogP contribution in [0.15, 0.2) is 17.2 Å². The van der Waals surface area contributed by atoms with E-state index in [9.17, 15) is 4.79 Å². The maximum Gasteiger partial charge on any atom is 0.293 e. The van der Waals surface area contributed by atoms with E-state index in [-0.39, 0.29) is 5.56 Å². The lowest BCUT2D eigenvalue weighted by Crippen LogP contribution is -2.36. The first kappa shape index (κ1) is 11.5. The third-order valence-electron chi connectivity index (χ3n) is 4.74. The van der Waals surface area contributed by atoms with E-state index in [1.54, 1.807) is 6.20 Å². The van der Waals surface area contributed by atoms with Gasteiger partial charge in [-0.1, -0.05) is 0 Å². The first-order chi connectivity index (χ1) is 9.33. The molecule has 1 saturated carbocycles. The number of fused-ring (bicyclic) bond motifs is 1. The smallest absolute Gasteiger partial charge is 0.293 e. The lowest BCUT2D eigenvalue weighted by Gasteiger charge is -2.21. The van der Waals surface area contributed by atoms with Crippen molar-refractivity contribution in [1.82, 2.24) is 14.5 Å². The Bertz CT molecular complexity index is 536. The molecule has 0 aromatic carbocycles. The highest BCUT2D eigenvalue weighted by molar-refractivity contribution is 5.34. The zero-order chi connectivity index (χ0) is 12.8. The summed E-state index contributed by atoms with van der Waals surface area (Å²) < 4.78 is 1.84. The van der Waals surface area contributed by atoms with Crippen LogP contribution in [0.5, 0.6) is 0 Å². The molecule has 1 aromatic rings. The van der Waals surface area contributed by atoms with Gasteiger partial charge in [-0.25, -0.2) is 4.98 Å². The van der Waals surface area contributed by atoms with Gasteiger partial charge in [-0.2, -0.15) is 0 Å². The minimum Gasteiger partial charge on any atom is -0.361 e. The molecule has 1 N–H and O–H groups in total. The van der Waals surface area contributed by atoms with Crippen molar-refractivity contribution in [2.75, 3.05) is 18.4 Å². The summed E-state index contributed by atoms with van der Waals surface area (Å²) in [7, 11) is 0. The molecule has 0 amide bonds. The quantitative estimate of drug-likeness (QED) is 0.888. The molecular weight excluding hydrogens is 240 g/mol. The lowest BCUT2D eigenvalue weighted by molar-refractivity contribution is 0.318. The molecule has 3 fully saturated rings. The predicted molar refractivity (Wildman–Crippen MR) is 73.4 cm³/mol. The van der Waals surface area contributed by atoms with Crippen LogP contribution in [0.4, 0.5) is 5.82 Å². The third kappa shape index (κ3) is 1.96. The Labute approximate surface area is 112 Å².